The summed E-state index contributed by atoms with van der Waals surface area (Å²) in [6.07, 6.45) is -0.291. The number of carboxylic acid groups (broad SMARTS) is 2. The zero-order valence-electron chi connectivity index (χ0n) is 20.0. The van der Waals surface area contributed by atoms with Crippen molar-refractivity contribution in [1.29, 1.82) is 5.41 Å². The predicted molar refractivity (Wildman–Crippen MR) is 120 cm³/mol. The number of aliphatic hydroxyl groups excluding tert-OH is 4. The second kappa shape index (κ2) is 22.6. The number of quaternary nitrogens is 1. The molecule has 0 aromatic heterocycles. The summed E-state index contributed by atoms with van der Waals surface area (Å²) in [5.74, 6) is -2.08. The van der Waals surface area contributed by atoms with E-state index in [0.29, 0.717) is 17.6 Å². The SMILES string of the molecule is C=CC.CN1CC(=O)NC1=N.C[N+](C)(C)CC(O)CC(=O)[O-].NCC(=O)O.OCC(O)CO. The number of rotatable bonds is 7. The number of aliphatic hydroxyl groups is 4. The molecule has 1 aliphatic heterocycles. The molecule has 1 heterocycles. The first-order chi connectivity index (χ1) is 15.0. The van der Waals surface area contributed by atoms with Crippen LogP contribution in [0, 0.1) is 5.41 Å². The van der Waals surface area contributed by atoms with E-state index in [2.05, 4.69) is 17.6 Å². The highest BCUT2D eigenvalue weighted by atomic mass is 16.4. The van der Waals surface area contributed by atoms with E-state index in [1.165, 1.54) is 0 Å². The molecular weight excluding hydrogens is 442 g/mol. The molecule has 33 heavy (non-hydrogen) atoms. The molecule has 0 aliphatic carbocycles. The zero-order valence-corrected chi connectivity index (χ0v) is 20.0. The third-order valence-electron chi connectivity index (χ3n) is 2.78. The molecule has 1 saturated heterocycles. The average Bonchev–Trinajstić information content (AvgIpc) is 2.96. The summed E-state index contributed by atoms with van der Waals surface area (Å²) in [6.45, 7) is 4.99. The van der Waals surface area contributed by atoms with Crippen LogP contribution >= 0.6 is 0 Å². The van der Waals surface area contributed by atoms with Crippen molar-refractivity contribution < 1.29 is 49.5 Å². The summed E-state index contributed by atoms with van der Waals surface area (Å²) in [6, 6.07) is 0. The van der Waals surface area contributed by atoms with Gasteiger partial charge >= 0.3 is 5.97 Å². The highest BCUT2D eigenvalue weighted by Crippen LogP contribution is 1.97. The third kappa shape index (κ3) is 37.1. The van der Waals surface area contributed by atoms with Gasteiger partial charge in [-0.3, -0.25) is 20.3 Å². The van der Waals surface area contributed by atoms with Crippen molar-refractivity contribution in [2.75, 3.05) is 61.0 Å². The average molecular weight is 484 g/mol. The molecule has 0 radical (unpaired) electrons. The quantitative estimate of drug-likeness (QED) is 0.127. The van der Waals surface area contributed by atoms with Crippen molar-refractivity contribution in [3.63, 3.8) is 0 Å². The molecule has 1 amide bonds. The standard InChI is InChI=1S/C7H15NO3.C4H7N3O.C3H8O3.C3H6.C2H5NO2/c1-8(2,3)5-6(9)4-7(10)11;1-7-2-3(8)6-4(7)5;4-1-3(6)2-5;1-3-2;3-1-2(4)5/h6,9H,4-5H2,1-3H3;2H2,1H3,(H2,5,6,8);3-6H,1-2H2;3H,1H2,2H3;1,3H2,(H,4,5). The maximum absolute atomic E-state index is 10.4. The molecule has 0 spiro atoms. The van der Waals surface area contributed by atoms with Gasteiger partial charge in [0.1, 0.15) is 18.8 Å². The lowest BCUT2D eigenvalue weighted by Gasteiger charge is -2.26. The normalized spacial score (nSPS) is 12.9. The molecule has 1 fully saturated rings. The number of carbonyl (C=O) groups excluding carboxylic acids is 2. The Labute approximate surface area is 194 Å². The van der Waals surface area contributed by atoms with Crippen molar-refractivity contribution in [2.24, 2.45) is 5.73 Å². The van der Waals surface area contributed by atoms with E-state index in [9.17, 15) is 19.5 Å². The number of aliphatic carboxylic acids is 2. The fraction of sp³-hybridized carbons (Fsp3) is 0.684. The minimum absolute atomic E-state index is 0.0995. The Balaban J connectivity index is -0.000000170. The highest BCUT2D eigenvalue weighted by molar-refractivity contribution is 6.02. The molecule has 0 bridgehead atoms. The molecule has 196 valence electrons. The van der Waals surface area contributed by atoms with Crippen molar-refractivity contribution >= 4 is 23.8 Å². The maximum Gasteiger partial charge on any atom is 0.317 e. The van der Waals surface area contributed by atoms with Crippen LogP contribution in [0.4, 0.5) is 0 Å². The molecule has 0 saturated carbocycles. The van der Waals surface area contributed by atoms with Crippen LogP contribution < -0.4 is 16.2 Å². The summed E-state index contributed by atoms with van der Waals surface area (Å²) in [5, 5.41) is 60.1. The van der Waals surface area contributed by atoms with Gasteiger partial charge in [0.15, 0.2) is 5.96 Å². The minimum atomic E-state index is -1.20. The second-order valence-corrected chi connectivity index (χ2v) is 7.48. The molecule has 1 aliphatic rings. The second-order valence-electron chi connectivity index (χ2n) is 7.48. The monoisotopic (exact) mass is 483 g/mol. The lowest BCUT2D eigenvalue weighted by atomic mass is 10.2. The van der Waals surface area contributed by atoms with Gasteiger partial charge in [-0.05, 0) is 6.92 Å². The first kappa shape index (κ1) is 37.7. The van der Waals surface area contributed by atoms with Crippen LogP contribution in [-0.4, -0.2) is 132 Å². The number of carboxylic acids is 2. The van der Waals surface area contributed by atoms with Gasteiger partial charge in [-0.15, -0.1) is 6.58 Å². The van der Waals surface area contributed by atoms with E-state index in [4.69, 9.17) is 30.9 Å². The van der Waals surface area contributed by atoms with Crippen molar-refractivity contribution in [2.45, 2.75) is 25.6 Å². The van der Waals surface area contributed by atoms with E-state index < -0.39 is 24.1 Å². The number of hydrogen-bond donors (Lipinski definition) is 8. The van der Waals surface area contributed by atoms with E-state index in [-0.39, 0.29) is 38.0 Å². The first-order valence-corrected chi connectivity index (χ1v) is 9.67. The number of nitrogens with two attached hydrogens (primary N) is 1. The molecule has 14 heteroatoms. The summed E-state index contributed by atoms with van der Waals surface area (Å²) < 4.78 is 0.550. The van der Waals surface area contributed by atoms with E-state index in [1.807, 2.05) is 28.1 Å². The van der Waals surface area contributed by atoms with E-state index >= 15 is 0 Å². The van der Waals surface area contributed by atoms with E-state index in [1.54, 1.807) is 18.0 Å². The Morgan fingerprint density at radius 3 is 1.79 bits per heavy atom. The molecule has 0 aromatic rings. The fourth-order valence-corrected chi connectivity index (χ4v) is 1.51. The van der Waals surface area contributed by atoms with E-state index in [0.717, 1.165) is 0 Å². The number of carbonyl (C=O) groups is 3. The van der Waals surface area contributed by atoms with Crippen LogP contribution in [0.15, 0.2) is 12.7 Å². The van der Waals surface area contributed by atoms with Crippen LogP contribution in [0.25, 0.3) is 0 Å². The topological polar surface area (TPSA) is 241 Å². The molecule has 14 nitrogen and oxygen atoms in total. The number of allylic oxidation sites excluding steroid dienone is 1. The Morgan fingerprint density at radius 2 is 1.67 bits per heavy atom. The summed E-state index contributed by atoms with van der Waals surface area (Å²) in [5.41, 5.74) is 4.57. The van der Waals surface area contributed by atoms with Crippen LogP contribution in [0.1, 0.15) is 13.3 Å². The Morgan fingerprint density at radius 1 is 1.27 bits per heavy atom. The molecule has 1 atom stereocenters. The van der Waals surface area contributed by atoms with Crippen molar-refractivity contribution in [3.05, 3.63) is 12.7 Å². The van der Waals surface area contributed by atoms with Crippen LogP contribution in [-0.2, 0) is 14.4 Å². The number of likely N-dealkylation sites (N-methyl/N-ethyl adjacent to an activating group) is 2. The first-order valence-electron chi connectivity index (χ1n) is 9.67. The third-order valence-corrected chi connectivity index (χ3v) is 2.78. The van der Waals surface area contributed by atoms with Gasteiger partial charge in [-0.25, -0.2) is 0 Å². The Hall–Kier alpha value is -2.62. The summed E-state index contributed by atoms with van der Waals surface area (Å²) >= 11 is 0. The van der Waals surface area contributed by atoms with Gasteiger partial charge in [0.2, 0.25) is 5.91 Å². The number of amides is 1. The van der Waals surface area contributed by atoms with Crippen LogP contribution in [0.3, 0.4) is 0 Å². The molecule has 1 unspecified atom stereocenters. The molecule has 0 aromatic carbocycles. The summed E-state index contributed by atoms with van der Waals surface area (Å²) in [7, 11) is 7.36. The van der Waals surface area contributed by atoms with Crippen molar-refractivity contribution in [1.82, 2.24) is 10.2 Å². The zero-order chi connectivity index (χ0) is 27.2. The van der Waals surface area contributed by atoms with Gasteiger partial charge < -0.3 is 50.6 Å². The minimum Gasteiger partial charge on any atom is -0.550 e. The van der Waals surface area contributed by atoms with Gasteiger partial charge in [0, 0.05) is 19.4 Å². The smallest absolute Gasteiger partial charge is 0.317 e. The largest absolute Gasteiger partial charge is 0.550 e. The van der Waals surface area contributed by atoms with Gasteiger partial charge in [0.05, 0.1) is 47.4 Å². The highest BCUT2D eigenvalue weighted by Gasteiger charge is 2.18. The molecule has 9 N–H and O–H groups in total. The fourth-order valence-electron chi connectivity index (χ4n) is 1.51. The summed E-state index contributed by atoms with van der Waals surface area (Å²) in [4.78, 5) is 31.2. The number of nitrogens with one attached hydrogen (secondary N) is 2. The lowest BCUT2D eigenvalue weighted by Crippen LogP contribution is -2.43. The number of nitrogens with zero attached hydrogens (tertiary/aromatic N) is 2. The van der Waals surface area contributed by atoms with Gasteiger partial charge in [-0.2, -0.15) is 0 Å². The Kier molecular flexibility index (Phi) is 25.8. The number of hydrogen-bond acceptors (Lipinski definition) is 10. The lowest BCUT2D eigenvalue weighted by molar-refractivity contribution is -0.873. The van der Waals surface area contributed by atoms with Gasteiger partial charge in [-0.1, -0.05) is 6.08 Å². The molecular formula is C19H41N5O9. The van der Waals surface area contributed by atoms with Gasteiger partial charge in [0.25, 0.3) is 0 Å². The molecule has 1 rings (SSSR count). The predicted octanol–water partition coefficient (Wildman–Crippen LogP) is -4.27. The Bertz CT molecular complexity index is 564. The van der Waals surface area contributed by atoms with Crippen molar-refractivity contribution in [3.8, 4) is 0 Å². The van der Waals surface area contributed by atoms with Crippen LogP contribution in [0.5, 0.6) is 0 Å². The maximum atomic E-state index is 10.4. The van der Waals surface area contributed by atoms with Crippen LogP contribution in [0.2, 0.25) is 0 Å². The number of guanidine groups is 1.